The molecule has 3 saturated carbocycles. The van der Waals surface area contributed by atoms with Crippen LogP contribution >= 0.6 is 0 Å². The lowest BCUT2D eigenvalue weighted by Crippen LogP contribution is -2.59. The number of halogens is 4. The number of likely N-dealkylation sites (tertiary alicyclic amines) is 3. The monoisotopic (exact) mass is 1840 g/mol. The lowest BCUT2D eigenvalue weighted by Gasteiger charge is -2.38. The molecule has 5 aliphatic heterocycles. The summed E-state index contributed by atoms with van der Waals surface area (Å²) in [6, 6.07) is 45.4. The summed E-state index contributed by atoms with van der Waals surface area (Å²) < 4.78 is 95.7. The number of imidazole rings is 2. The Morgan fingerprint density at radius 1 is 0.437 bits per heavy atom. The predicted octanol–water partition coefficient (Wildman–Crippen LogP) is 17.9. The number of carboxylic acids is 1. The van der Waals surface area contributed by atoms with E-state index < -0.39 is 84.6 Å². The summed E-state index contributed by atoms with van der Waals surface area (Å²) in [6.45, 7) is 3.94. The van der Waals surface area contributed by atoms with Crippen molar-refractivity contribution in [3.05, 3.63) is 238 Å². The lowest BCUT2D eigenvalue weighted by molar-refractivity contribution is -0.140. The summed E-state index contributed by atoms with van der Waals surface area (Å²) in [6.07, 6.45) is 11.9. The molecular formula is C103H105F4N13O15. The highest BCUT2D eigenvalue weighted by molar-refractivity contribution is 6.04. The number of aromatic amines is 2. The number of aliphatic carboxylic acids is 1. The van der Waals surface area contributed by atoms with Crippen molar-refractivity contribution >= 4 is 70.9 Å². The topological polar surface area (TPSA) is 352 Å². The Hall–Kier alpha value is -13.9. The second kappa shape index (κ2) is 37.9. The smallest absolute Gasteiger partial charge is 0.407 e. The third-order valence-corrected chi connectivity index (χ3v) is 28.7. The van der Waals surface area contributed by atoms with E-state index in [0.717, 1.165) is 108 Å². The summed E-state index contributed by atoms with van der Waals surface area (Å²) in [5.41, 5.74) is 13.8. The van der Waals surface area contributed by atoms with E-state index in [-0.39, 0.29) is 76.0 Å². The molecule has 0 radical (unpaired) electrons. The van der Waals surface area contributed by atoms with Crippen LogP contribution in [0.4, 0.5) is 48.1 Å². The number of nitrogens with one attached hydrogen (secondary N) is 6. The van der Waals surface area contributed by atoms with Gasteiger partial charge in [0.05, 0.1) is 93.9 Å². The molecular weight excluding hydrogens is 1740 g/mol. The van der Waals surface area contributed by atoms with Crippen molar-refractivity contribution < 1.29 is 89.4 Å². The standard InChI is InChI=1S/C51H51F2N7O7.C42H43F2N5O4.C10H11NO4/c1-27(65-2)43(57-49(63)66-3)48(62)60-34-16-12-32(22-34)45(60)40-25-33-21-29(15-19-39(33)55-40)30-13-17-35-36-18-14-31(24-38(36)51(52,53)37(35)23-30)41-26-54-46(56-41)42-11-8-20-59(42)47(61)44(58-50(64)67-4)28-9-6-5-7-10-28;1-22(52-2)37(48-41(51)53-3)40(50)49-29-12-8-27(17-29)38(49)35-20-28-16-24(11-15-34(28)46-35)25-9-13-30-31-14-10-26(19-33(31)42(43,44)32(30)18-25)36-21-45-39(47-36)23-6-4-5-7-23;1-15-10(14)11-8(9(12)13)7-5-3-2-4-6-7/h5-7,9-10,13-15,17-19,21,23-24,26-27,32,34,42-45H,8,11-12,16,20,22,25H2,1-4H3,(H,54,56)(H,57,63)(H,58,64);9-11,13-16,18-19,21-23,27,29,37-38H,4-8,12,17,20H2,1-3H3,(H,45,47)(H,48,51);2-6,8H,1H3,(H,11,14)(H,12,13)/t27-,32-,34-,42+,43+,44-,45+;22-,27-,29-,37+,38+;8-/m111/s1. The van der Waals surface area contributed by atoms with E-state index >= 15 is 17.6 Å². The largest absolute Gasteiger partial charge is 0.479 e. The van der Waals surface area contributed by atoms with Crippen LogP contribution < -0.4 is 21.3 Å². The number of carbonyl (C=O) groups is 8. The molecule has 135 heavy (non-hydrogen) atoms. The van der Waals surface area contributed by atoms with E-state index in [4.69, 9.17) is 38.8 Å². The Morgan fingerprint density at radius 3 is 1.25 bits per heavy atom. The van der Waals surface area contributed by atoms with Crippen molar-refractivity contribution in [2.45, 2.75) is 188 Å². The maximum atomic E-state index is 16.7. The fourth-order valence-corrected chi connectivity index (χ4v) is 21.7. The average molecular weight is 1840 g/mol. The molecule has 3 saturated heterocycles. The fourth-order valence-electron chi connectivity index (χ4n) is 21.7. The van der Waals surface area contributed by atoms with E-state index in [9.17, 15) is 38.4 Å². The Morgan fingerprint density at radius 2 is 0.822 bits per heavy atom. The molecule has 7 N–H and O–H groups in total. The number of rotatable bonds is 22. The average Bonchev–Trinajstić information content (AvgIpc) is 1.59. The molecule has 32 heteroatoms. The van der Waals surface area contributed by atoms with E-state index in [0.29, 0.717) is 105 Å². The van der Waals surface area contributed by atoms with Crippen molar-refractivity contribution in [2.24, 2.45) is 21.8 Å². The van der Waals surface area contributed by atoms with Gasteiger partial charge in [-0.15, -0.1) is 0 Å². The van der Waals surface area contributed by atoms with Gasteiger partial charge < -0.3 is 79.5 Å². The van der Waals surface area contributed by atoms with Crippen molar-refractivity contribution in [3.63, 3.8) is 0 Å². The number of amides is 7. The Bertz CT molecular complexity index is 6340. The number of alkyl carbamates (subject to hydrolysis) is 4. The molecule has 10 aliphatic rings. The zero-order valence-corrected chi connectivity index (χ0v) is 75.8. The van der Waals surface area contributed by atoms with Crippen LogP contribution in [0, 0.1) is 11.8 Å². The van der Waals surface area contributed by atoms with Gasteiger partial charge in [0, 0.05) is 96.4 Å². The first-order valence-corrected chi connectivity index (χ1v) is 45.7. The number of carbonyl (C=O) groups excluding carboxylic acids is 7. The predicted molar refractivity (Wildman–Crippen MR) is 494 cm³/mol. The van der Waals surface area contributed by atoms with Crippen molar-refractivity contribution in [3.8, 4) is 67.0 Å². The van der Waals surface area contributed by atoms with E-state index in [1.165, 1.54) is 61.6 Å². The SMILES string of the molecule is COC(=O)N[C@@H](C(=O)O)c1ccccc1.COC(=O)N[C@H](C(=O)N1[C@@H]2CC[C@H](C2)[C@H]1C1=Nc2ccc(-c3ccc4c(c3)C(F)(F)c3cc(-c5cnc(C6CCCC6)[nH]5)ccc3-4)cc2C1)[C@@H](C)OC.COC(=O)N[C@H](C(=O)N1[C@@H]2CC[C@H](C2)[C@H]1C1=Nc2ccc(-c3ccc4c(c3)C(F)(F)c3cc(-c5cnc([C@@H]6CCCN6C(=O)[C@H](NC(=O)OC)c6ccccc6)[nH]5)ccc3-4)cc2C1)[C@@H](C)OC. The number of ether oxygens (including phenoxy) is 6. The summed E-state index contributed by atoms with van der Waals surface area (Å²) in [7, 11) is 7.96. The number of piperidine rings is 2. The van der Waals surface area contributed by atoms with Crippen molar-refractivity contribution in [2.75, 3.05) is 49.2 Å². The summed E-state index contributed by atoms with van der Waals surface area (Å²) in [5, 5.41) is 19.2. The van der Waals surface area contributed by atoms with Gasteiger partial charge in [-0.1, -0.05) is 134 Å². The molecule has 13 atom stereocenters. The van der Waals surface area contributed by atoms with Crippen LogP contribution in [0.5, 0.6) is 0 Å². The minimum Gasteiger partial charge on any atom is -0.479 e. The van der Waals surface area contributed by atoms with E-state index in [2.05, 4.69) is 45.9 Å². The van der Waals surface area contributed by atoms with Crippen LogP contribution in [0.3, 0.4) is 0 Å². The van der Waals surface area contributed by atoms with Gasteiger partial charge in [-0.2, -0.15) is 17.6 Å². The summed E-state index contributed by atoms with van der Waals surface area (Å²) in [5.74, 6) is -5.92. The van der Waals surface area contributed by atoms with Gasteiger partial charge in [0.2, 0.25) is 11.8 Å². The highest BCUT2D eigenvalue weighted by Crippen LogP contribution is 2.56. The summed E-state index contributed by atoms with van der Waals surface area (Å²) >= 11 is 0. The molecule has 7 heterocycles. The van der Waals surface area contributed by atoms with Crippen LogP contribution in [-0.4, -0.2) is 197 Å². The minimum atomic E-state index is -3.29. The maximum absolute atomic E-state index is 16.7. The van der Waals surface area contributed by atoms with Gasteiger partial charge in [0.15, 0.2) is 6.04 Å². The molecule has 28 nitrogen and oxygen atoms in total. The Balaban J connectivity index is 0.000000159. The molecule has 700 valence electrons. The highest BCUT2D eigenvalue weighted by Gasteiger charge is 2.56. The highest BCUT2D eigenvalue weighted by atomic mass is 19.3. The first-order valence-electron chi connectivity index (χ1n) is 45.7. The normalized spacial score (nSPS) is 21.4. The molecule has 0 unspecified atom stereocenters. The number of hydrogen-bond acceptors (Lipinski definition) is 18. The van der Waals surface area contributed by atoms with Crippen molar-refractivity contribution in [1.29, 1.82) is 0 Å². The number of H-pyrrole nitrogens is 2. The molecule has 4 bridgehead atoms. The second-order valence-electron chi connectivity index (χ2n) is 36.2. The van der Waals surface area contributed by atoms with Gasteiger partial charge >= 0.3 is 30.3 Å². The van der Waals surface area contributed by atoms with Crippen molar-refractivity contribution in [1.82, 2.24) is 55.9 Å². The Labute approximate surface area is 776 Å². The van der Waals surface area contributed by atoms with E-state index in [1.807, 2.05) is 82.6 Å². The molecule has 8 aromatic carbocycles. The zero-order chi connectivity index (χ0) is 94.6. The molecule has 0 spiro atoms. The summed E-state index contributed by atoms with van der Waals surface area (Å²) in [4.78, 5) is 132. The minimum absolute atomic E-state index is 0.00684. The first kappa shape index (κ1) is 91.6. The number of nitrogens with zero attached hydrogens (tertiary/aromatic N) is 7. The molecule has 2 aromatic heterocycles. The fraction of sp³-hybridized carbons (Fsp3) is 0.379. The first-order chi connectivity index (χ1) is 65.2. The van der Waals surface area contributed by atoms with Crippen LogP contribution in [0.2, 0.25) is 0 Å². The van der Waals surface area contributed by atoms with Gasteiger partial charge in [0.1, 0.15) is 29.8 Å². The number of benzene rings is 8. The van der Waals surface area contributed by atoms with Crippen LogP contribution in [0.15, 0.2) is 192 Å². The van der Waals surface area contributed by atoms with Gasteiger partial charge in [-0.3, -0.25) is 24.4 Å². The number of aromatic nitrogens is 4. The lowest BCUT2D eigenvalue weighted by atomic mass is 9.90. The van der Waals surface area contributed by atoms with Gasteiger partial charge in [-0.05, 0) is 205 Å². The second-order valence-corrected chi connectivity index (χ2v) is 36.2. The third kappa shape index (κ3) is 17.5. The quantitative estimate of drug-likeness (QED) is 0.0245. The number of carboxylic acid groups (broad SMARTS) is 1. The number of hydrogen-bond donors (Lipinski definition) is 7. The van der Waals surface area contributed by atoms with E-state index in [1.54, 1.807) is 122 Å². The number of alkyl halides is 4. The molecule has 6 fully saturated rings. The zero-order valence-electron chi connectivity index (χ0n) is 75.8. The van der Waals surface area contributed by atoms with Crippen LogP contribution in [-0.2, 0) is 72.3 Å². The third-order valence-electron chi connectivity index (χ3n) is 28.7. The molecule has 20 rings (SSSR count). The van der Waals surface area contributed by atoms with Gasteiger partial charge in [-0.25, -0.2) is 33.9 Å². The number of methoxy groups -OCH3 is 6. The number of aliphatic imine (C=N–C) groups is 2. The maximum Gasteiger partial charge on any atom is 0.407 e. The van der Waals surface area contributed by atoms with Crippen LogP contribution in [0.25, 0.3) is 67.0 Å². The number of fused-ring (bicyclic) bond motifs is 12. The Kier molecular flexibility index (Phi) is 25.7. The molecule has 10 aromatic rings. The molecule has 7 amide bonds. The molecule has 5 aliphatic carbocycles. The van der Waals surface area contributed by atoms with Gasteiger partial charge in [0.25, 0.3) is 17.8 Å². The van der Waals surface area contributed by atoms with Crippen LogP contribution in [0.1, 0.15) is 171 Å².